The summed E-state index contributed by atoms with van der Waals surface area (Å²) in [7, 11) is -3.90. The lowest BCUT2D eigenvalue weighted by atomic mass is 10.3. The molecule has 1 atom stereocenters. The van der Waals surface area contributed by atoms with Gasteiger partial charge in [0.2, 0.25) is 10.0 Å². The van der Waals surface area contributed by atoms with Crippen LogP contribution in [-0.4, -0.2) is 13.4 Å². The molecule has 0 aliphatic heterocycles. The number of sulfonamides is 1. The van der Waals surface area contributed by atoms with Crippen molar-refractivity contribution >= 4 is 27.0 Å². The van der Waals surface area contributed by atoms with Gasteiger partial charge in [-0.2, -0.15) is 0 Å². The molecule has 0 radical (unpaired) electrons. The lowest BCUT2D eigenvalue weighted by molar-refractivity contribution is 0.547. The Bertz CT molecular complexity index is 687. The Hall–Kier alpha value is -1.51. The first-order valence-electron chi connectivity index (χ1n) is 5.90. The average Bonchev–Trinajstić information content (AvgIpc) is 2.92. The summed E-state index contributed by atoms with van der Waals surface area (Å²) in [6.45, 7) is 1.84. The van der Waals surface area contributed by atoms with E-state index in [2.05, 4.69) is 9.71 Å². The maximum Gasteiger partial charge on any atom is 0.243 e. The molecule has 2 rings (SSSR count). The third-order valence-corrected chi connectivity index (χ3v) is 5.14. The molecule has 5 nitrogen and oxygen atoms in total. The second kappa shape index (κ2) is 5.86. The SMILES string of the molecule is CCC(NS(=O)(=O)c1cc(F)ccc1N)c1nccs1. The summed E-state index contributed by atoms with van der Waals surface area (Å²) >= 11 is 1.36. The highest BCUT2D eigenvalue weighted by Crippen LogP contribution is 2.24. The number of benzene rings is 1. The Morgan fingerprint density at radius 2 is 2.25 bits per heavy atom. The summed E-state index contributed by atoms with van der Waals surface area (Å²) < 4.78 is 40.3. The molecule has 2 aromatic rings. The second-order valence-corrected chi connectivity index (χ2v) is 6.74. The molecule has 1 aromatic carbocycles. The monoisotopic (exact) mass is 315 g/mol. The van der Waals surface area contributed by atoms with Gasteiger partial charge in [0.15, 0.2) is 0 Å². The van der Waals surface area contributed by atoms with Crippen LogP contribution < -0.4 is 10.5 Å². The van der Waals surface area contributed by atoms with Gasteiger partial charge < -0.3 is 5.73 Å². The Kier molecular flexibility index (Phi) is 4.36. The summed E-state index contributed by atoms with van der Waals surface area (Å²) in [6.07, 6.45) is 2.13. The Balaban J connectivity index is 2.33. The largest absolute Gasteiger partial charge is 0.398 e. The molecule has 1 unspecified atom stereocenters. The zero-order chi connectivity index (χ0) is 14.8. The minimum absolute atomic E-state index is 0.00731. The first-order valence-corrected chi connectivity index (χ1v) is 8.27. The average molecular weight is 315 g/mol. The maximum absolute atomic E-state index is 13.2. The number of aromatic nitrogens is 1. The number of hydrogen-bond donors (Lipinski definition) is 2. The standard InChI is InChI=1S/C12H14FN3O2S2/c1-2-10(12-15-5-6-19-12)16-20(17,18)11-7-8(13)3-4-9(11)14/h3-7,10,16H,2,14H2,1H3. The van der Waals surface area contributed by atoms with Gasteiger partial charge >= 0.3 is 0 Å². The molecule has 8 heteroatoms. The Labute approximate surface area is 120 Å². The van der Waals surface area contributed by atoms with Gasteiger partial charge in [-0.25, -0.2) is 22.5 Å². The van der Waals surface area contributed by atoms with Gasteiger partial charge in [-0.15, -0.1) is 11.3 Å². The van der Waals surface area contributed by atoms with E-state index in [1.54, 1.807) is 11.6 Å². The molecular formula is C12H14FN3O2S2. The summed E-state index contributed by atoms with van der Waals surface area (Å²) in [5.41, 5.74) is 5.62. The van der Waals surface area contributed by atoms with E-state index in [4.69, 9.17) is 5.73 Å². The Morgan fingerprint density at radius 1 is 1.50 bits per heavy atom. The lowest BCUT2D eigenvalue weighted by Crippen LogP contribution is -2.29. The van der Waals surface area contributed by atoms with Crippen molar-refractivity contribution < 1.29 is 12.8 Å². The van der Waals surface area contributed by atoms with Crippen LogP contribution in [0.3, 0.4) is 0 Å². The van der Waals surface area contributed by atoms with Crippen molar-refractivity contribution in [2.24, 2.45) is 0 Å². The number of hydrogen-bond acceptors (Lipinski definition) is 5. The number of anilines is 1. The van der Waals surface area contributed by atoms with Crippen LogP contribution in [0.5, 0.6) is 0 Å². The van der Waals surface area contributed by atoms with E-state index >= 15 is 0 Å². The molecular weight excluding hydrogens is 301 g/mol. The van der Waals surface area contributed by atoms with Gasteiger partial charge in [-0.3, -0.25) is 0 Å². The zero-order valence-corrected chi connectivity index (χ0v) is 12.3. The predicted molar refractivity (Wildman–Crippen MR) is 76.3 cm³/mol. The zero-order valence-electron chi connectivity index (χ0n) is 10.7. The minimum Gasteiger partial charge on any atom is -0.398 e. The molecule has 0 bridgehead atoms. The topological polar surface area (TPSA) is 85.1 Å². The van der Waals surface area contributed by atoms with Gasteiger partial charge in [0.1, 0.15) is 15.7 Å². The number of thiazole rings is 1. The van der Waals surface area contributed by atoms with E-state index in [-0.39, 0.29) is 10.6 Å². The molecule has 0 saturated heterocycles. The van der Waals surface area contributed by atoms with Crippen molar-refractivity contribution in [3.8, 4) is 0 Å². The minimum atomic E-state index is -3.90. The van der Waals surface area contributed by atoms with Gasteiger partial charge in [0, 0.05) is 11.6 Å². The van der Waals surface area contributed by atoms with Crippen LogP contribution in [0.2, 0.25) is 0 Å². The quantitative estimate of drug-likeness (QED) is 0.829. The number of nitrogens with one attached hydrogen (secondary N) is 1. The van der Waals surface area contributed by atoms with Crippen LogP contribution in [0.25, 0.3) is 0 Å². The van der Waals surface area contributed by atoms with Crippen molar-refractivity contribution in [2.45, 2.75) is 24.3 Å². The molecule has 0 aliphatic carbocycles. The van der Waals surface area contributed by atoms with Crippen LogP contribution in [0, 0.1) is 5.82 Å². The summed E-state index contributed by atoms with van der Waals surface area (Å²) in [4.78, 5) is 3.83. The number of nitrogens with zero attached hydrogens (tertiary/aromatic N) is 1. The first-order chi connectivity index (χ1) is 9.44. The van der Waals surface area contributed by atoms with E-state index in [1.165, 1.54) is 17.4 Å². The second-order valence-electron chi connectivity index (χ2n) is 4.13. The number of halogens is 1. The highest BCUT2D eigenvalue weighted by Gasteiger charge is 2.24. The summed E-state index contributed by atoms with van der Waals surface area (Å²) in [6, 6.07) is 2.80. The van der Waals surface area contributed by atoms with Crippen molar-refractivity contribution in [1.29, 1.82) is 0 Å². The molecule has 108 valence electrons. The van der Waals surface area contributed by atoms with Crippen LogP contribution in [-0.2, 0) is 10.0 Å². The fourth-order valence-electron chi connectivity index (χ4n) is 1.71. The van der Waals surface area contributed by atoms with Crippen molar-refractivity contribution in [2.75, 3.05) is 5.73 Å². The van der Waals surface area contributed by atoms with Crippen molar-refractivity contribution in [1.82, 2.24) is 9.71 Å². The molecule has 1 aromatic heterocycles. The highest BCUT2D eigenvalue weighted by atomic mass is 32.2. The normalized spacial score (nSPS) is 13.3. The molecule has 3 N–H and O–H groups in total. The van der Waals surface area contributed by atoms with Gasteiger partial charge in [-0.1, -0.05) is 6.92 Å². The molecule has 0 fully saturated rings. The van der Waals surface area contributed by atoms with Crippen LogP contribution in [0.4, 0.5) is 10.1 Å². The van der Waals surface area contributed by atoms with Gasteiger partial charge in [-0.05, 0) is 24.6 Å². The van der Waals surface area contributed by atoms with Crippen LogP contribution >= 0.6 is 11.3 Å². The molecule has 0 amide bonds. The molecule has 1 heterocycles. The number of nitrogens with two attached hydrogens (primary N) is 1. The third-order valence-electron chi connectivity index (χ3n) is 2.72. The van der Waals surface area contributed by atoms with Gasteiger partial charge in [0.05, 0.1) is 11.7 Å². The number of rotatable bonds is 5. The molecule has 0 spiro atoms. The highest BCUT2D eigenvalue weighted by molar-refractivity contribution is 7.89. The molecule has 0 aliphatic rings. The van der Waals surface area contributed by atoms with E-state index in [9.17, 15) is 12.8 Å². The fourth-order valence-corrected chi connectivity index (χ4v) is 3.98. The lowest BCUT2D eigenvalue weighted by Gasteiger charge is -2.15. The van der Waals surface area contributed by atoms with Gasteiger partial charge in [0.25, 0.3) is 0 Å². The number of nitrogen functional groups attached to an aromatic ring is 1. The summed E-state index contributed by atoms with van der Waals surface area (Å²) in [5, 5.41) is 2.43. The maximum atomic E-state index is 13.2. The van der Waals surface area contributed by atoms with E-state index < -0.39 is 21.9 Å². The smallest absolute Gasteiger partial charge is 0.243 e. The fraction of sp³-hybridized carbons (Fsp3) is 0.250. The van der Waals surface area contributed by atoms with E-state index in [0.717, 1.165) is 12.1 Å². The predicted octanol–water partition coefficient (Wildman–Crippen LogP) is 2.29. The molecule has 0 saturated carbocycles. The van der Waals surface area contributed by atoms with Crippen molar-refractivity contribution in [3.63, 3.8) is 0 Å². The van der Waals surface area contributed by atoms with E-state index in [0.29, 0.717) is 11.4 Å². The third kappa shape index (κ3) is 3.14. The van der Waals surface area contributed by atoms with Crippen LogP contribution in [0.15, 0.2) is 34.7 Å². The first kappa shape index (κ1) is 14.9. The van der Waals surface area contributed by atoms with Crippen LogP contribution in [0.1, 0.15) is 24.4 Å². The Morgan fingerprint density at radius 3 is 2.85 bits per heavy atom. The van der Waals surface area contributed by atoms with Crippen molar-refractivity contribution in [3.05, 3.63) is 40.6 Å². The molecule has 20 heavy (non-hydrogen) atoms. The van der Waals surface area contributed by atoms with E-state index in [1.807, 2.05) is 6.92 Å². The summed E-state index contributed by atoms with van der Waals surface area (Å²) in [5.74, 6) is -0.651.